The lowest BCUT2D eigenvalue weighted by Crippen LogP contribution is -2.18. The number of hydrogen-bond acceptors (Lipinski definition) is 5. The summed E-state index contributed by atoms with van der Waals surface area (Å²) >= 11 is 0. The number of nitrogens with one attached hydrogen (secondary N) is 1. The topological polar surface area (TPSA) is 105 Å². The van der Waals surface area contributed by atoms with Gasteiger partial charge in [-0.3, -0.25) is 5.32 Å². The molecule has 0 radical (unpaired) electrons. The fourth-order valence-electron chi connectivity index (χ4n) is 3.41. The van der Waals surface area contributed by atoms with Crippen LogP contribution in [0.5, 0.6) is 11.5 Å². The van der Waals surface area contributed by atoms with E-state index < -0.39 is 18.2 Å². The molecule has 3 aromatic carbocycles. The zero-order chi connectivity index (χ0) is 22.9. The van der Waals surface area contributed by atoms with Crippen LogP contribution in [0.25, 0.3) is 10.8 Å². The van der Waals surface area contributed by atoms with Crippen molar-refractivity contribution in [1.29, 1.82) is 0 Å². The summed E-state index contributed by atoms with van der Waals surface area (Å²) in [5, 5.41) is 23.5. The minimum absolute atomic E-state index is 0.0566. The monoisotopic (exact) mass is 435 g/mol. The standard InChI is InChI=1S/C25H25NO6/c1-31-23-15-14-18(16-21(23)27)22(12-3-2-4-13-24(28)29)32-25(30)26-20-11-7-9-17-8-5-6-10-19(17)20/h4-11,13-16,22,27H,2-3,12H2,1H3,(H,26,30)(H,28,29)/b13-4+/t22-/m1/s1. The molecular weight excluding hydrogens is 410 g/mol. The Bertz CT molecular complexity index is 1120. The highest BCUT2D eigenvalue weighted by atomic mass is 16.6. The molecule has 1 amide bonds. The van der Waals surface area contributed by atoms with Crippen molar-refractivity contribution in [2.45, 2.75) is 25.4 Å². The van der Waals surface area contributed by atoms with Crippen LogP contribution in [0.15, 0.2) is 72.8 Å². The average Bonchev–Trinajstić information content (AvgIpc) is 2.78. The highest BCUT2D eigenvalue weighted by Crippen LogP contribution is 2.33. The number of anilines is 1. The molecule has 32 heavy (non-hydrogen) atoms. The smallest absolute Gasteiger partial charge is 0.412 e. The molecule has 0 saturated heterocycles. The second kappa shape index (κ2) is 10.9. The number of benzene rings is 3. The number of carbonyl (C=O) groups is 2. The van der Waals surface area contributed by atoms with Crippen molar-refractivity contribution in [3.05, 3.63) is 78.4 Å². The Morgan fingerprint density at radius 3 is 2.62 bits per heavy atom. The van der Waals surface area contributed by atoms with Crippen LogP contribution in [0.3, 0.4) is 0 Å². The third-order valence-electron chi connectivity index (χ3n) is 4.95. The number of carbonyl (C=O) groups excluding carboxylic acids is 1. The quantitative estimate of drug-likeness (QED) is 0.296. The zero-order valence-corrected chi connectivity index (χ0v) is 17.7. The second-order valence-electron chi connectivity index (χ2n) is 7.15. The Labute approximate surface area is 185 Å². The first-order chi connectivity index (χ1) is 15.5. The van der Waals surface area contributed by atoms with E-state index in [0.29, 0.717) is 36.3 Å². The minimum Gasteiger partial charge on any atom is -0.504 e. The third-order valence-corrected chi connectivity index (χ3v) is 4.95. The van der Waals surface area contributed by atoms with Gasteiger partial charge in [0.05, 0.1) is 12.8 Å². The Kier molecular flexibility index (Phi) is 7.70. The molecule has 0 fully saturated rings. The Hall–Kier alpha value is -4.00. The number of ether oxygens (including phenoxy) is 2. The van der Waals surface area contributed by atoms with Gasteiger partial charge in [0, 0.05) is 11.5 Å². The van der Waals surface area contributed by atoms with Gasteiger partial charge in [0.2, 0.25) is 0 Å². The van der Waals surface area contributed by atoms with Crippen LogP contribution in [0.4, 0.5) is 10.5 Å². The zero-order valence-electron chi connectivity index (χ0n) is 17.7. The first-order valence-electron chi connectivity index (χ1n) is 10.2. The van der Waals surface area contributed by atoms with Crippen molar-refractivity contribution >= 4 is 28.5 Å². The Morgan fingerprint density at radius 2 is 1.88 bits per heavy atom. The predicted molar refractivity (Wildman–Crippen MR) is 122 cm³/mol. The van der Waals surface area contributed by atoms with E-state index in [1.165, 1.54) is 13.2 Å². The largest absolute Gasteiger partial charge is 0.504 e. The molecule has 3 N–H and O–H groups in total. The molecule has 0 aliphatic rings. The maximum absolute atomic E-state index is 12.7. The van der Waals surface area contributed by atoms with Crippen molar-refractivity contribution in [3.63, 3.8) is 0 Å². The van der Waals surface area contributed by atoms with E-state index >= 15 is 0 Å². The van der Waals surface area contributed by atoms with Gasteiger partial charge in [-0.1, -0.05) is 48.5 Å². The van der Waals surface area contributed by atoms with Gasteiger partial charge >= 0.3 is 12.1 Å². The van der Waals surface area contributed by atoms with Crippen molar-refractivity contribution in [2.24, 2.45) is 0 Å². The summed E-state index contributed by atoms with van der Waals surface area (Å²) in [7, 11) is 1.45. The van der Waals surface area contributed by atoms with E-state index in [-0.39, 0.29) is 5.75 Å². The highest BCUT2D eigenvalue weighted by molar-refractivity contribution is 6.00. The SMILES string of the molecule is COc1ccc([C@@H](CCC/C=C/C(=O)O)OC(=O)Nc2cccc3ccccc23)cc1O. The number of phenols is 1. The number of hydrogen-bond donors (Lipinski definition) is 3. The van der Waals surface area contributed by atoms with E-state index in [2.05, 4.69) is 5.32 Å². The molecule has 0 aromatic heterocycles. The number of methoxy groups -OCH3 is 1. The van der Waals surface area contributed by atoms with Crippen LogP contribution < -0.4 is 10.1 Å². The molecule has 3 rings (SSSR count). The molecule has 166 valence electrons. The van der Waals surface area contributed by atoms with E-state index in [1.807, 2.05) is 36.4 Å². The summed E-state index contributed by atoms with van der Waals surface area (Å²) in [6.07, 6.45) is 2.92. The summed E-state index contributed by atoms with van der Waals surface area (Å²) in [6.45, 7) is 0. The third kappa shape index (κ3) is 6.01. The fourth-order valence-corrected chi connectivity index (χ4v) is 3.41. The molecule has 0 bridgehead atoms. The number of carboxylic acid groups (broad SMARTS) is 1. The first-order valence-corrected chi connectivity index (χ1v) is 10.2. The molecule has 0 heterocycles. The number of aromatic hydroxyl groups is 1. The summed E-state index contributed by atoms with van der Waals surface area (Å²) < 4.78 is 10.8. The number of rotatable bonds is 9. The van der Waals surface area contributed by atoms with Gasteiger partial charge < -0.3 is 19.7 Å². The van der Waals surface area contributed by atoms with Gasteiger partial charge in [-0.25, -0.2) is 9.59 Å². The van der Waals surface area contributed by atoms with Crippen LogP contribution in [0, 0.1) is 0 Å². The van der Waals surface area contributed by atoms with Crippen LogP contribution in [0.1, 0.15) is 30.9 Å². The summed E-state index contributed by atoms with van der Waals surface area (Å²) in [4.78, 5) is 23.3. The van der Waals surface area contributed by atoms with Crippen LogP contribution in [-0.4, -0.2) is 29.4 Å². The molecule has 0 spiro atoms. The summed E-state index contributed by atoms with van der Waals surface area (Å²) in [5.41, 5.74) is 1.24. The van der Waals surface area contributed by atoms with Gasteiger partial charge in [0.1, 0.15) is 6.10 Å². The predicted octanol–water partition coefficient (Wildman–Crippen LogP) is 5.65. The van der Waals surface area contributed by atoms with Gasteiger partial charge in [-0.2, -0.15) is 0 Å². The van der Waals surface area contributed by atoms with Crippen molar-refractivity contribution < 1.29 is 29.3 Å². The van der Waals surface area contributed by atoms with Crippen molar-refractivity contribution in [3.8, 4) is 11.5 Å². The van der Waals surface area contributed by atoms with Crippen molar-refractivity contribution in [1.82, 2.24) is 0 Å². The lowest BCUT2D eigenvalue weighted by atomic mass is 10.0. The highest BCUT2D eigenvalue weighted by Gasteiger charge is 2.19. The first kappa shape index (κ1) is 22.7. The molecule has 0 aliphatic carbocycles. The van der Waals surface area contributed by atoms with Crippen LogP contribution in [-0.2, 0) is 9.53 Å². The number of allylic oxidation sites excluding steroid dienone is 1. The van der Waals surface area contributed by atoms with Gasteiger partial charge in [0.25, 0.3) is 0 Å². The fraction of sp³-hybridized carbons (Fsp3) is 0.200. The molecule has 3 aromatic rings. The second-order valence-corrected chi connectivity index (χ2v) is 7.15. The number of amides is 1. The summed E-state index contributed by atoms with van der Waals surface area (Å²) in [6, 6.07) is 18.1. The molecule has 0 unspecified atom stereocenters. The maximum atomic E-state index is 12.7. The van der Waals surface area contributed by atoms with Crippen molar-refractivity contribution in [2.75, 3.05) is 12.4 Å². The lowest BCUT2D eigenvalue weighted by Gasteiger charge is -2.20. The van der Waals surface area contributed by atoms with Crippen LogP contribution in [0.2, 0.25) is 0 Å². The average molecular weight is 435 g/mol. The van der Waals surface area contributed by atoms with E-state index in [1.54, 1.807) is 24.3 Å². The van der Waals surface area contributed by atoms with Gasteiger partial charge in [0.15, 0.2) is 11.5 Å². The Balaban J connectivity index is 1.75. The van der Waals surface area contributed by atoms with Crippen LogP contribution >= 0.6 is 0 Å². The molecule has 0 aliphatic heterocycles. The number of unbranched alkanes of at least 4 members (excludes halogenated alkanes) is 1. The van der Waals surface area contributed by atoms with Gasteiger partial charge in [-0.15, -0.1) is 0 Å². The minimum atomic E-state index is -1.01. The van der Waals surface area contributed by atoms with E-state index in [4.69, 9.17) is 14.6 Å². The molecular formula is C25H25NO6. The maximum Gasteiger partial charge on any atom is 0.412 e. The molecule has 1 atom stereocenters. The number of fused-ring (bicyclic) bond motifs is 1. The number of aliphatic carboxylic acids is 1. The molecule has 7 nitrogen and oxygen atoms in total. The van der Waals surface area contributed by atoms with E-state index in [0.717, 1.165) is 16.8 Å². The molecule has 0 saturated carbocycles. The van der Waals surface area contributed by atoms with Gasteiger partial charge in [-0.05, 0) is 48.4 Å². The normalized spacial score (nSPS) is 11.9. The number of phenolic OH excluding ortho intramolecular Hbond substituents is 1. The Morgan fingerprint density at radius 1 is 1.09 bits per heavy atom. The number of carboxylic acids is 1. The molecule has 7 heteroatoms. The summed E-state index contributed by atoms with van der Waals surface area (Å²) in [5.74, 6) is -0.747. The lowest BCUT2D eigenvalue weighted by molar-refractivity contribution is -0.131. The van der Waals surface area contributed by atoms with E-state index in [9.17, 15) is 14.7 Å².